The number of carbonyl (C=O) groups is 1. The molecule has 0 spiro atoms. The molecule has 1 atom stereocenters. The molecular weight excluding hydrogens is 374 g/mol. The molecule has 0 saturated heterocycles. The third kappa shape index (κ3) is 2.92. The second-order valence-electron chi connectivity index (χ2n) is 7.60. The lowest BCUT2D eigenvalue weighted by Gasteiger charge is -2.32. The molecule has 5 nitrogen and oxygen atoms in total. The molecule has 0 aliphatic heterocycles. The summed E-state index contributed by atoms with van der Waals surface area (Å²) in [6, 6.07) is 11.5. The molecule has 1 aliphatic rings. The van der Waals surface area contributed by atoms with E-state index in [2.05, 4.69) is 24.9 Å². The molecule has 6 heteroatoms. The van der Waals surface area contributed by atoms with E-state index in [4.69, 9.17) is 9.84 Å². The molecular formula is C22H23NO4S. The van der Waals surface area contributed by atoms with Gasteiger partial charge in [-0.3, -0.25) is 4.79 Å². The van der Waals surface area contributed by atoms with Crippen LogP contribution in [0, 0.1) is 0 Å². The number of hydrogen-bond acceptors (Lipinski definition) is 5. The van der Waals surface area contributed by atoms with Crippen LogP contribution in [0.1, 0.15) is 41.0 Å². The van der Waals surface area contributed by atoms with E-state index in [1.54, 1.807) is 23.9 Å². The molecule has 146 valence electrons. The summed E-state index contributed by atoms with van der Waals surface area (Å²) in [6.45, 7) is 3.83. The van der Waals surface area contributed by atoms with Gasteiger partial charge >= 0.3 is 0 Å². The molecule has 0 bridgehead atoms. The molecule has 1 aliphatic carbocycles. The van der Waals surface area contributed by atoms with Gasteiger partial charge < -0.3 is 19.9 Å². The normalized spacial score (nSPS) is 16.0. The van der Waals surface area contributed by atoms with E-state index >= 15 is 0 Å². The number of benzene rings is 2. The van der Waals surface area contributed by atoms with Crippen LogP contribution in [-0.4, -0.2) is 46.6 Å². The van der Waals surface area contributed by atoms with Gasteiger partial charge in [0.15, 0.2) is 5.78 Å². The monoisotopic (exact) mass is 397 g/mol. The van der Waals surface area contributed by atoms with Crippen molar-refractivity contribution in [1.82, 2.24) is 4.98 Å². The number of hydrogen-bond donors (Lipinski definition) is 3. The highest BCUT2D eigenvalue weighted by molar-refractivity contribution is 7.98. The first-order valence-electron chi connectivity index (χ1n) is 9.18. The highest BCUT2D eigenvalue weighted by atomic mass is 32.2. The Morgan fingerprint density at radius 2 is 2.00 bits per heavy atom. The molecule has 1 unspecified atom stereocenters. The van der Waals surface area contributed by atoms with Gasteiger partial charge in [0, 0.05) is 32.5 Å². The molecule has 2 aromatic carbocycles. The van der Waals surface area contributed by atoms with Crippen molar-refractivity contribution in [2.45, 2.75) is 30.3 Å². The Kier molecular flexibility index (Phi) is 4.73. The summed E-state index contributed by atoms with van der Waals surface area (Å²) in [5, 5.41) is 19.4. The zero-order valence-electron chi connectivity index (χ0n) is 16.1. The molecule has 28 heavy (non-hydrogen) atoms. The zero-order chi connectivity index (χ0) is 20.1. The molecule has 0 fully saturated rings. The van der Waals surface area contributed by atoms with Gasteiger partial charge in [-0.25, -0.2) is 0 Å². The first-order chi connectivity index (χ1) is 13.4. The molecule has 3 aromatic rings. The first-order valence-corrected chi connectivity index (χ1v) is 10.4. The lowest BCUT2D eigenvalue weighted by atomic mass is 9.71. The summed E-state index contributed by atoms with van der Waals surface area (Å²) in [4.78, 5) is 17.9. The van der Waals surface area contributed by atoms with Gasteiger partial charge in [-0.15, -0.1) is 11.8 Å². The van der Waals surface area contributed by atoms with Gasteiger partial charge in [0.05, 0.1) is 12.2 Å². The van der Waals surface area contributed by atoms with Crippen molar-refractivity contribution in [3.63, 3.8) is 0 Å². The van der Waals surface area contributed by atoms with Crippen LogP contribution in [0.4, 0.5) is 0 Å². The van der Waals surface area contributed by atoms with Crippen LogP contribution < -0.4 is 4.74 Å². The van der Waals surface area contributed by atoms with Gasteiger partial charge in [-0.2, -0.15) is 0 Å². The van der Waals surface area contributed by atoms with Crippen molar-refractivity contribution in [3.8, 4) is 5.75 Å². The van der Waals surface area contributed by atoms with Crippen LogP contribution in [0.25, 0.3) is 10.9 Å². The number of carbonyl (C=O) groups excluding carboxylic acids is 1. The maximum Gasteiger partial charge on any atom is 0.195 e. The van der Waals surface area contributed by atoms with E-state index in [0.717, 1.165) is 32.6 Å². The number of thioether (sulfide) groups is 1. The quantitative estimate of drug-likeness (QED) is 0.574. The van der Waals surface area contributed by atoms with E-state index in [0.29, 0.717) is 11.3 Å². The van der Waals surface area contributed by atoms with Crippen molar-refractivity contribution >= 4 is 28.4 Å². The standard InChI is InChI=1S/C22H23NO4S/c1-22(2)17-8-13(27-11-12(25)10-24)4-6-15(17)20(26)19-16-7-5-14(28-3)9-18(16)23-21(19)22/h4-9,12,23-25H,10-11H2,1-3H3. The largest absolute Gasteiger partial charge is 0.491 e. The summed E-state index contributed by atoms with van der Waals surface area (Å²) in [6.07, 6.45) is 1.10. The van der Waals surface area contributed by atoms with Gasteiger partial charge in [-0.05, 0) is 42.2 Å². The van der Waals surface area contributed by atoms with Crippen LogP contribution in [-0.2, 0) is 5.41 Å². The fourth-order valence-corrected chi connectivity index (χ4v) is 4.29. The summed E-state index contributed by atoms with van der Waals surface area (Å²) in [5.74, 6) is 0.575. The average molecular weight is 397 g/mol. The van der Waals surface area contributed by atoms with Crippen molar-refractivity contribution < 1.29 is 19.7 Å². The Balaban J connectivity index is 1.82. The predicted octanol–water partition coefficient (Wildman–Crippen LogP) is 3.49. The van der Waals surface area contributed by atoms with Crippen molar-refractivity contribution in [2.24, 2.45) is 0 Å². The Hall–Kier alpha value is -2.28. The van der Waals surface area contributed by atoms with Gasteiger partial charge in [0.1, 0.15) is 18.5 Å². The van der Waals surface area contributed by atoms with E-state index in [9.17, 15) is 9.90 Å². The van der Waals surface area contributed by atoms with Crippen molar-refractivity contribution in [2.75, 3.05) is 19.5 Å². The maximum atomic E-state index is 13.3. The van der Waals surface area contributed by atoms with Crippen LogP contribution in [0.15, 0.2) is 41.3 Å². The molecule has 4 rings (SSSR count). The number of aliphatic hydroxyl groups excluding tert-OH is 2. The van der Waals surface area contributed by atoms with Crippen molar-refractivity contribution in [1.29, 1.82) is 0 Å². The SMILES string of the molecule is CSc1ccc2c3c([nH]c2c1)C(C)(C)c1cc(OCC(O)CO)ccc1C3=O. The third-order valence-electron chi connectivity index (χ3n) is 5.42. The summed E-state index contributed by atoms with van der Waals surface area (Å²) in [7, 11) is 0. The molecule has 0 radical (unpaired) electrons. The number of nitrogens with one attached hydrogen (secondary N) is 1. The molecule has 1 heterocycles. The van der Waals surface area contributed by atoms with Crippen molar-refractivity contribution in [3.05, 3.63) is 58.8 Å². The number of fused-ring (bicyclic) bond motifs is 4. The van der Waals surface area contributed by atoms with Crippen LogP contribution >= 0.6 is 11.8 Å². The number of rotatable bonds is 5. The minimum Gasteiger partial charge on any atom is -0.491 e. The highest BCUT2D eigenvalue weighted by Crippen LogP contribution is 2.45. The second kappa shape index (κ2) is 6.95. The summed E-state index contributed by atoms with van der Waals surface area (Å²) < 4.78 is 5.60. The predicted molar refractivity (Wildman–Crippen MR) is 111 cm³/mol. The topological polar surface area (TPSA) is 82.6 Å². The van der Waals surface area contributed by atoms with E-state index in [-0.39, 0.29) is 19.0 Å². The first kappa shape index (κ1) is 19.1. The number of aliphatic hydroxyl groups is 2. The summed E-state index contributed by atoms with van der Waals surface area (Å²) >= 11 is 1.67. The van der Waals surface area contributed by atoms with Gasteiger partial charge in [-0.1, -0.05) is 19.9 Å². The maximum absolute atomic E-state index is 13.3. The number of aromatic amines is 1. The lowest BCUT2D eigenvalue weighted by molar-refractivity contribution is 0.0535. The fraction of sp³-hybridized carbons (Fsp3) is 0.318. The fourth-order valence-electron chi connectivity index (χ4n) is 3.85. The Morgan fingerprint density at radius 1 is 1.21 bits per heavy atom. The molecule has 0 amide bonds. The van der Waals surface area contributed by atoms with Gasteiger partial charge in [0.2, 0.25) is 0 Å². The highest BCUT2D eigenvalue weighted by Gasteiger charge is 2.39. The lowest BCUT2D eigenvalue weighted by Crippen LogP contribution is -2.30. The number of ketones is 1. The van der Waals surface area contributed by atoms with Crippen LogP contribution in [0.3, 0.4) is 0 Å². The molecule has 0 saturated carbocycles. The Labute approximate surface area is 167 Å². The van der Waals surface area contributed by atoms with E-state index in [1.165, 1.54) is 0 Å². The number of ether oxygens (including phenoxy) is 1. The average Bonchev–Trinajstić information content (AvgIpc) is 3.10. The Morgan fingerprint density at radius 3 is 2.71 bits per heavy atom. The zero-order valence-corrected chi connectivity index (χ0v) is 16.9. The number of aromatic nitrogens is 1. The number of H-pyrrole nitrogens is 1. The van der Waals surface area contributed by atoms with E-state index < -0.39 is 11.5 Å². The van der Waals surface area contributed by atoms with Crippen LogP contribution in [0.2, 0.25) is 0 Å². The van der Waals surface area contributed by atoms with E-state index in [1.807, 2.05) is 24.5 Å². The molecule has 3 N–H and O–H groups in total. The minimum atomic E-state index is -0.934. The second-order valence-corrected chi connectivity index (χ2v) is 8.48. The third-order valence-corrected chi connectivity index (χ3v) is 6.15. The Bertz CT molecular complexity index is 1070. The minimum absolute atomic E-state index is 0.00123. The smallest absolute Gasteiger partial charge is 0.195 e. The molecule has 1 aromatic heterocycles. The van der Waals surface area contributed by atoms with Gasteiger partial charge in [0.25, 0.3) is 0 Å². The summed E-state index contributed by atoms with van der Waals surface area (Å²) in [5.41, 5.74) is 3.76. The van der Waals surface area contributed by atoms with Crippen LogP contribution in [0.5, 0.6) is 5.75 Å².